The van der Waals surface area contributed by atoms with Crippen LogP contribution in [0.15, 0.2) is 30.6 Å². The Kier molecular flexibility index (Phi) is 5.78. The lowest BCUT2D eigenvalue weighted by Gasteiger charge is -2.23. The average molecular weight is 400 g/mol. The van der Waals surface area contributed by atoms with E-state index < -0.39 is 21.7 Å². The molecule has 2 aromatic rings. The van der Waals surface area contributed by atoms with E-state index in [0.717, 1.165) is 18.7 Å². The Morgan fingerprint density at radius 3 is 2.81 bits per heavy atom. The zero-order valence-electron chi connectivity index (χ0n) is 15.1. The molecule has 0 spiro atoms. The van der Waals surface area contributed by atoms with E-state index in [2.05, 4.69) is 14.7 Å². The molecule has 2 heterocycles. The van der Waals surface area contributed by atoms with Crippen LogP contribution >= 0.6 is 0 Å². The van der Waals surface area contributed by atoms with Crippen LogP contribution in [0.25, 0.3) is 0 Å². The molecule has 148 valence electrons. The average Bonchev–Trinajstić information content (AvgIpc) is 3.16. The molecule has 7 nitrogen and oxygen atoms in total. The number of aromatic nitrogens is 2. The van der Waals surface area contributed by atoms with E-state index in [9.17, 15) is 17.2 Å². The van der Waals surface area contributed by atoms with Gasteiger partial charge in [-0.3, -0.25) is 14.3 Å². The molecule has 2 atom stereocenters. The largest absolute Gasteiger partial charge is 0.383 e. The summed E-state index contributed by atoms with van der Waals surface area (Å²) in [6.07, 6.45) is 4.89. The molecule has 0 radical (unpaired) electrons. The van der Waals surface area contributed by atoms with Crippen molar-refractivity contribution in [3.63, 3.8) is 0 Å². The predicted molar refractivity (Wildman–Crippen MR) is 96.8 cm³/mol. The third-order valence-electron chi connectivity index (χ3n) is 4.53. The van der Waals surface area contributed by atoms with Crippen molar-refractivity contribution in [3.8, 4) is 0 Å². The van der Waals surface area contributed by atoms with Crippen LogP contribution in [-0.2, 0) is 21.3 Å². The zero-order valence-corrected chi connectivity index (χ0v) is 15.9. The second-order valence-electron chi connectivity index (χ2n) is 6.75. The number of methoxy groups -OCH3 is 1. The van der Waals surface area contributed by atoms with Gasteiger partial charge in [0.1, 0.15) is 11.6 Å². The summed E-state index contributed by atoms with van der Waals surface area (Å²) in [7, 11) is -1.77. The lowest BCUT2D eigenvalue weighted by atomic mass is 10.1. The quantitative estimate of drug-likeness (QED) is 0.769. The Bertz CT molecular complexity index is 903. The van der Waals surface area contributed by atoms with E-state index in [1.54, 1.807) is 18.0 Å². The van der Waals surface area contributed by atoms with Crippen LogP contribution in [0.1, 0.15) is 18.0 Å². The number of halogens is 2. The summed E-state index contributed by atoms with van der Waals surface area (Å²) in [5.41, 5.74) is 0.807. The molecule has 10 heteroatoms. The minimum absolute atomic E-state index is 0.0104. The summed E-state index contributed by atoms with van der Waals surface area (Å²) in [5, 5.41) is 4.25. The van der Waals surface area contributed by atoms with Gasteiger partial charge in [0.25, 0.3) is 0 Å². The van der Waals surface area contributed by atoms with Crippen LogP contribution in [0, 0.1) is 11.6 Å². The van der Waals surface area contributed by atoms with Crippen LogP contribution in [0.3, 0.4) is 0 Å². The van der Waals surface area contributed by atoms with Crippen LogP contribution < -0.4 is 4.72 Å². The molecule has 27 heavy (non-hydrogen) atoms. The van der Waals surface area contributed by atoms with Crippen molar-refractivity contribution >= 4 is 15.7 Å². The molecule has 0 amide bonds. The number of hydrogen-bond acceptors (Lipinski definition) is 5. The molecule has 1 N–H and O–H groups in total. The lowest BCUT2D eigenvalue weighted by Crippen LogP contribution is -2.32. The first-order valence-corrected chi connectivity index (χ1v) is 10.3. The molecule has 3 rings (SSSR count). The number of benzene rings is 1. The number of sulfonamides is 1. The molecular weight excluding hydrogens is 378 g/mol. The highest BCUT2D eigenvalue weighted by molar-refractivity contribution is 7.92. The molecule has 1 aliphatic heterocycles. The Morgan fingerprint density at radius 2 is 2.15 bits per heavy atom. The van der Waals surface area contributed by atoms with Crippen LogP contribution in [0.2, 0.25) is 0 Å². The number of hydrogen-bond donors (Lipinski definition) is 1. The summed E-state index contributed by atoms with van der Waals surface area (Å²) in [5.74, 6) is -1.18. The standard InChI is InChI=1S/C17H22F2N4O3S/c1-26-11-16-6-15(23-9-14(7-20-23)21-27(2,24)25)10-22(16)8-12-3-4-13(18)5-17(12)19/h3-5,7,9,15-16,21H,6,8,10-11H2,1-2H3/t15-,16-/m0/s1. The Balaban J connectivity index is 1.74. The van der Waals surface area contributed by atoms with Crippen molar-refractivity contribution in [3.05, 3.63) is 47.8 Å². The van der Waals surface area contributed by atoms with Crippen molar-refractivity contribution in [2.24, 2.45) is 0 Å². The second kappa shape index (κ2) is 7.91. The molecule has 0 unspecified atom stereocenters. The SMILES string of the molecule is COC[C@@H]1C[C@H](n2cc(NS(C)(=O)=O)cn2)CN1Cc1ccc(F)cc1F. The van der Waals surface area contributed by atoms with E-state index in [1.807, 2.05) is 0 Å². The number of rotatable bonds is 7. The maximum absolute atomic E-state index is 14.0. The smallest absolute Gasteiger partial charge is 0.229 e. The first kappa shape index (κ1) is 19.7. The van der Waals surface area contributed by atoms with Gasteiger partial charge in [-0.15, -0.1) is 0 Å². The molecule has 0 bridgehead atoms. The first-order chi connectivity index (χ1) is 12.7. The van der Waals surface area contributed by atoms with Gasteiger partial charge in [0.15, 0.2) is 0 Å². The van der Waals surface area contributed by atoms with E-state index in [0.29, 0.717) is 30.9 Å². The van der Waals surface area contributed by atoms with Crippen molar-refractivity contribution < 1.29 is 21.9 Å². The fraction of sp³-hybridized carbons (Fsp3) is 0.471. The van der Waals surface area contributed by atoms with Crippen LogP contribution in [0.4, 0.5) is 14.5 Å². The van der Waals surface area contributed by atoms with Crippen LogP contribution in [-0.4, -0.2) is 55.7 Å². The predicted octanol–water partition coefficient (Wildman–Crippen LogP) is 1.99. The highest BCUT2D eigenvalue weighted by atomic mass is 32.2. The summed E-state index contributed by atoms with van der Waals surface area (Å²) in [4.78, 5) is 2.07. The Labute approximate surface area is 157 Å². The second-order valence-corrected chi connectivity index (χ2v) is 8.50. The normalized spacial score (nSPS) is 20.9. The topological polar surface area (TPSA) is 76.5 Å². The maximum atomic E-state index is 14.0. The Morgan fingerprint density at radius 1 is 1.37 bits per heavy atom. The van der Waals surface area contributed by atoms with Crippen molar-refractivity contribution in [2.75, 3.05) is 31.2 Å². The number of anilines is 1. The van der Waals surface area contributed by atoms with Gasteiger partial charge in [-0.1, -0.05) is 6.07 Å². The highest BCUT2D eigenvalue weighted by Gasteiger charge is 2.34. The number of nitrogens with one attached hydrogen (secondary N) is 1. The van der Waals surface area contributed by atoms with Gasteiger partial charge in [-0.2, -0.15) is 5.10 Å². The molecule has 0 aliphatic carbocycles. The minimum atomic E-state index is -3.37. The van der Waals surface area contributed by atoms with Gasteiger partial charge in [-0.25, -0.2) is 17.2 Å². The van der Waals surface area contributed by atoms with Gasteiger partial charge in [0, 0.05) is 44.1 Å². The highest BCUT2D eigenvalue weighted by Crippen LogP contribution is 2.30. The van der Waals surface area contributed by atoms with E-state index in [-0.39, 0.29) is 12.1 Å². The summed E-state index contributed by atoms with van der Waals surface area (Å²) >= 11 is 0. The maximum Gasteiger partial charge on any atom is 0.229 e. The zero-order chi connectivity index (χ0) is 19.6. The van der Waals surface area contributed by atoms with Crippen molar-refractivity contribution in [1.29, 1.82) is 0 Å². The van der Waals surface area contributed by atoms with Gasteiger partial charge in [-0.05, 0) is 12.5 Å². The lowest BCUT2D eigenvalue weighted by molar-refractivity contribution is 0.111. The molecule has 1 fully saturated rings. The Hall–Kier alpha value is -2.04. The third-order valence-corrected chi connectivity index (χ3v) is 5.14. The molecule has 1 aromatic carbocycles. The molecule has 0 saturated carbocycles. The summed E-state index contributed by atoms with van der Waals surface area (Å²) in [6, 6.07) is 3.60. The molecule has 1 aromatic heterocycles. The molecular formula is C17H22F2N4O3S. The van der Waals surface area contributed by atoms with E-state index in [1.165, 1.54) is 18.3 Å². The fourth-order valence-corrected chi connectivity index (χ4v) is 3.92. The molecule has 1 aliphatic rings. The van der Waals surface area contributed by atoms with Gasteiger partial charge in [0.2, 0.25) is 10.0 Å². The number of ether oxygens (including phenoxy) is 1. The van der Waals surface area contributed by atoms with E-state index in [4.69, 9.17) is 4.74 Å². The van der Waals surface area contributed by atoms with E-state index >= 15 is 0 Å². The fourth-order valence-electron chi connectivity index (χ4n) is 3.38. The number of nitrogens with zero attached hydrogens (tertiary/aromatic N) is 3. The monoisotopic (exact) mass is 400 g/mol. The first-order valence-electron chi connectivity index (χ1n) is 8.44. The summed E-state index contributed by atoms with van der Waals surface area (Å²) < 4.78 is 59.2. The molecule has 1 saturated heterocycles. The van der Waals surface area contributed by atoms with Crippen LogP contribution in [0.5, 0.6) is 0 Å². The van der Waals surface area contributed by atoms with Gasteiger partial charge < -0.3 is 4.74 Å². The van der Waals surface area contributed by atoms with Crippen molar-refractivity contribution in [1.82, 2.24) is 14.7 Å². The number of likely N-dealkylation sites (tertiary alicyclic amines) is 1. The third kappa shape index (κ3) is 5.02. The summed E-state index contributed by atoms with van der Waals surface area (Å²) in [6.45, 7) is 1.38. The minimum Gasteiger partial charge on any atom is -0.383 e. The van der Waals surface area contributed by atoms with Crippen molar-refractivity contribution in [2.45, 2.75) is 25.0 Å². The van der Waals surface area contributed by atoms with Gasteiger partial charge >= 0.3 is 0 Å². The van der Waals surface area contributed by atoms with Gasteiger partial charge in [0.05, 0.1) is 30.8 Å².